The Morgan fingerprint density at radius 1 is 1.11 bits per heavy atom. The number of likely N-dealkylation sites (tertiary alicyclic amines) is 1. The minimum atomic E-state index is -4.67. The van der Waals surface area contributed by atoms with Gasteiger partial charge in [-0.2, -0.15) is 8.42 Å². The predicted molar refractivity (Wildman–Crippen MR) is 74.1 cm³/mol. The second kappa shape index (κ2) is 9.08. The fourth-order valence-corrected chi connectivity index (χ4v) is 1.94. The molecule has 9 heteroatoms. The standard InChI is InChI=1S/C10H22N4.H2O4S/c1-9(13-10(11)12)14-7-5-3-2-4-6-8-14;1-5(2,3)4/h9H,2-8H2,1H3,(H4,11,12,13);(H2,1,2,3,4). The molecule has 8 nitrogen and oxygen atoms in total. The molecule has 114 valence electrons. The minimum absolute atomic E-state index is 0.137. The molecule has 19 heavy (non-hydrogen) atoms. The Bertz CT molecular complexity index is 352. The van der Waals surface area contributed by atoms with Crippen LogP contribution in [0.5, 0.6) is 0 Å². The molecule has 0 amide bonds. The Morgan fingerprint density at radius 2 is 1.47 bits per heavy atom. The monoisotopic (exact) mass is 296 g/mol. The van der Waals surface area contributed by atoms with E-state index in [1.54, 1.807) is 0 Å². The summed E-state index contributed by atoms with van der Waals surface area (Å²) >= 11 is 0. The zero-order chi connectivity index (χ0) is 14.9. The van der Waals surface area contributed by atoms with Gasteiger partial charge in [-0.15, -0.1) is 0 Å². The van der Waals surface area contributed by atoms with Crippen molar-refractivity contribution in [3.8, 4) is 0 Å². The van der Waals surface area contributed by atoms with Crippen molar-refractivity contribution in [2.75, 3.05) is 13.1 Å². The van der Waals surface area contributed by atoms with Gasteiger partial charge in [-0.25, -0.2) is 4.99 Å². The first-order chi connectivity index (χ1) is 8.70. The van der Waals surface area contributed by atoms with Crippen molar-refractivity contribution in [1.29, 1.82) is 0 Å². The lowest BCUT2D eigenvalue weighted by atomic mass is 10.1. The Hall–Kier alpha value is -0.900. The quantitative estimate of drug-likeness (QED) is 0.324. The Balaban J connectivity index is 0.000000555. The molecule has 1 aliphatic heterocycles. The van der Waals surface area contributed by atoms with Crippen molar-refractivity contribution >= 4 is 16.4 Å². The van der Waals surface area contributed by atoms with Gasteiger partial charge < -0.3 is 11.5 Å². The summed E-state index contributed by atoms with van der Waals surface area (Å²) in [6.07, 6.45) is 6.73. The van der Waals surface area contributed by atoms with Crippen LogP contribution in [-0.2, 0) is 10.4 Å². The fourth-order valence-electron chi connectivity index (χ4n) is 1.94. The van der Waals surface area contributed by atoms with Gasteiger partial charge in [0.05, 0.1) is 0 Å². The third kappa shape index (κ3) is 13.3. The highest BCUT2D eigenvalue weighted by Crippen LogP contribution is 2.12. The summed E-state index contributed by atoms with van der Waals surface area (Å²) in [4.78, 5) is 6.53. The number of rotatable bonds is 2. The first kappa shape index (κ1) is 18.1. The van der Waals surface area contributed by atoms with Crippen LogP contribution >= 0.6 is 0 Å². The van der Waals surface area contributed by atoms with Crippen LogP contribution in [0.25, 0.3) is 0 Å². The lowest BCUT2D eigenvalue weighted by Gasteiger charge is -2.28. The van der Waals surface area contributed by atoms with Gasteiger partial charge in [0.25, 0.3) is 0 Å². The van der Waals surface area contributed by atoms with Crippen molar-refractivity contribution < 1.29 is 17.5 Å². The Kier molecular flexibility index (Phi) is 8.65. The van der Waals surface area contributed by atoms with Gasteiger partial charge in [-0.1, -0.05) is 19.3 Å². The maximum atomic E-state index is 8.74. The van der Waals surface area contributed by atoms with Crippen molar-refractivity contribution in [3.05, 3.63) is 0 Å². The first-order valence-electron chi connectivity index (χ1n) is 6.23. The molecule has 0 aromatic rings. The number of hydrogen-bond donors (Lipinski definition) is 4. The molecule has 0 aromatic carbocycles. The van der Waals surface area contributed by atoms with E-state index < -0.39 is 10.4 Å². The van der Waals surface area contributed by atoms with Gasteiger partial charge in [0.15, 0.2) is 5.96 Å². The molecule has 1 unspecified atom stereocenters. The predicted octanol–water partition coefficient (Wildman–Crippen LogP) is 0.219. The van der Waals surface area contributed by atoms with E-state index >= 15 is 0 Å². The minimum Gasteiger partial charge on any atom is -0.370 e. The first-order valence-corrected chi connectivity index (χ1v) is 7.62. The van der Waals surface area contributed by atoms with E-state index in [0.717, 1.165) is 13.1 Å². The van der Waals surface area contributed by atoms with E-state index in [0.29, 0.717) is 0 Å². The summed E-state index contributed by atoms with van der Waals surface area (Å²) in [6, 6.07) is 0. The number of guanidine groups is 1. The second-order valence-corrected chi connectivity index (χ2v) is 5.33. The number of aliphatic imine (C=N–C) groups is 1. The molecular formula is C10H24N4O4S. The van der Waals surface area contributed by atoms with Crippen molar-refractivity contribution in [2.45, 2.75) is 45.2 Å². The average Bonchev–Trinajstić information content (AvgIpc) is 2.11. The van der Waals surface area contributed by atoms with Crippen LogP contribution in [0.2, 0.25) is 0 Å². The summed E-state index contributed by atoms with van der Waals surface area (Å²) < 4.78 is 31.6. The summed E-state index contributed by atoms with van der Waals surface area (Å²) in [6.45, 7) is 4.30. The average molecular weight is 296 g/mol. The molecule has 6 N–H and O–H groups in total. The highest BCUT2D eigenvalue weighted by atomic mass is 32.3. The molecule has 1 saturated heterocycles. The highest BCUT2D eigenvalue weighted by Gasteiger charge is 2.13. The molecule has 0 aromatic heterocycles. The second-order valence-electron chi connectivity index (χ2n) is 4.44. The van der Waals surface area contributed by atoms with E-state index in [4.69, 9.17) is 29.0 Å². The number of nitrogens with zero attached hydrogens (tertiary/aromatic N) is 2. The van der Waals surface area contributed by atoms with Crippen LogP contribution in [0.15, 0.2) is 4.99 Å². The molecule has 1 aliphatic rings. The molecule has 0 bridgehead atoms. The number of nitrogens with two attached hydrogens (primary N) is 2. The highest BCUT2D eigenvalue weighted by molar-refractivity contribution is 7.79. The van der Waals surface area contributed by atoms with Gasteiger partial charge in [0.1, 0.15) is 6.17 Å². The lowest BCUT2D eigenvalue weighted by Crippen LogP contribution is -2.37. The van der Waals surface area contributed by atoms with E-state index in [9.17, 15) is 0 Å². The lowest BCUT2D eigenvalue weighted by molar-refractivity contribution is 0.195. The van der Waals surface area contributed by atoms with E-state index in [1.165, 1.54) is 32.1 Å². The molecule has 1 atom stereocenters. The Morgan fingerprint density at radius 3 is 1.84 bits per heavy atom. The SMILES string of the molecule is CC(N=C(N)N)N1CCCCCCC1.O=S(=O)(O)O. The molecular weight excluding hydrogens is 272 g/mol. The molecule has 0 spiro atoms. The van der Waals surface area contributed by atoms with Gasteiger partial charge in [0.2, 0.25) is 0 Å². The Labute approximate surface area is 114 Å². The maximum Gasteiger partial charge on any atom is 0.394 e. The third-order valence-electron chi connectivity index (χ3n) is 2.76. The summed E-state index contributed by atoms with van der Waals surface area (Å²) in [7, 11) is -4.67. The van der Waals surface area contributed by atoms with Crippen LogP contribution in [0, 0.1) is 0 Å². The van der Waals surface area contributed by atoms with Crippen LogP contribution in [-0.4, -0.2) is 47.6 Å². The molecule has 0 saturated carbocycles. The molecule has 0 aliphatic carbocycles. The summed E-state index contributed by atoms with van der Waals surface area (Å²) in [5, 5.41) is 0. The smallest absolute Gasteiger partial charge is 0.370 e. The summed E-state index contributed by atoms with van der Waals surface area (Å²) in [5.74, 6) is 0.194. The summed E-state index contributed by atoms with van der Waals surface area (Å²) in [5.41, 5.74) is 10.7. The van der Waals surface area contributed by atoms with E-state index in [2.05, 4.69) is 16.8 Å². The van der Waals surface area contributed by atoms with Crippen molar-refractivity contribution in [2.24, 2.45) is 16.5 Å². The van der Waals surface area contributed by atoms with Crippen molar-refractivity contribution in [1.82, 2.24) is 4.90 Å². The zero-order valence-electron chi connectivity index (χ0n) is 11.2. The van der Waals surface area contributed by atoms with Gasteiger partial charge in [-0.3, -0.25) is 14.0 Å². The van der Waals surface area contributed by atoms with Crippen LogP contribution in [0.1, 0.15) is 39.0 Å². The topological polar surface area (TPSA) is 142 Å². The van der Waals surface area contributed by atoms with Crippen LogP contribution < -0.4 is 11.5 Å². The van der Waals surface area contributed by atoms with E-state index in [1.807, 2.05) is 0 Å². The van der Waals surface area contributed by atoms with Gasteiger partial charge in [0, 0.05) is 13.1 Å². The largest absolute Gasteiger partial charge is 0.394 e. The normalized spacial score (nSPS) is 19.3. The third-order valence-corrected chi connectivity index (χ3v) is 2.76. The van der Waals surface area contributed by atoms with Gasteiger partial charge >= 0.3 is 10.4 Å². The molecule has 1 rings (SSSR count). The molecule has 0 radical (unpaired) electrons. The maximum absolute atomic E-state index is 8.74. The van der Waals surface area contributed by atoms with E-state index in [-0.39, 0.29) is 12.1 Å². The van der Waals surface area contributed by atoms with Crippen molar-refractivity contribution in [3.63, 3.8) is 0 Å². The fraction of sp³-hybridized carbons (Fsp3) is 0.900. The van der Waals surface area contributed by atoms with Crippen LogP contribution in [0.3, 0.4) is 0 Å². The molecule has 1 heterocycles. The zero-order valence-corrected chi connectivity index (χ0v) is 12.0. The number of hydrogen-bond acceptors (Lipinski definition) is 4. The van der Waals surface area contributed by atoms with Crippen LogP contribution in [0.4, 0.5) is 0 Å². The molecule has 1 fully saturated rings. The van der Waals surface area contributed by atoms with Gasteiger partial charge in [-0.05, 0) is 19.8 Å².